The summed E-state index contributed by atoms with van der Waals surface area (Å²) in [6.45, 7) is 5.06. The van der Waals surface area contributed by atoms with Gasteiger partial charge in [-0.2, -0.15) is 0 Å². The number of benzene rings is 1. The van der Waals surface area contributed by atoms with Crippen molar-refractivity contribution in [1.29, 1.82) is 0 Å². The molecule has 0 aliphatic carbocycles. The second kappa shape index (κ2) is 8.54. The van der Waals surface area contributed by atoms with Crippen LogP contribution in [0.3, 0.4) is 0 Å². The lowest BCUT2D eigenvalue weighted by Crippen LogP contribution is -2.06. The van der Waals surface area contributed by atoms with Gasteiger partial charge in [0, 0.05) is 6.42 Å². The maximum atomic E-state index is 11.8. The number of nitrogens with zero attached hydrogens (tertiary/aromatic N) is 1. The van der Waals surface area contributed by atoms with Crippen LogP contribution in [0.1, 0.15) is 47.6 Å². The molecule has 0 spiro atoms. The van der Waals surface area contributed by atoms with Gasteiger partial charge in [-0.25, -0.2) is 9.78 Å². The first kappa shape index (κ1) is 16.5. The number of carbonyl (C=O) groups is 1. The van der Waals surface area contributed by atoms with Gasteiger partial charge in [0.2, 0.25) is 0 Å². The van der Waals surface area contributed by atoms with E-state index in [2.05, 4.69) is 11.9 Å². The van der Waals surface area contributed by atoms with Gasteiger partial charge in [-0.15, -0.1) is 11.3 Å². The monoisotopic (exact) mass is 319 g/mol. The van der Waals surface area contributed by atoms with Crippen LogP contribution in [0, 0.1) is 0 Å². The first-order valence-corrected chi connectivity index (χ1v) is 8.43. The van der Waals surface area contributed by atoms with Gasteiger partial charge in [0.15, 0.2) is 0 Å². The van der Waals surface area contributed by atoms with Gasteiger partial charge in [0.1, 0.15) is 10.6 Å². The number of aromatic nitrogens is 1. The minimum absolute atomic E-state index is 0.292. The molecular weight excluding hydrogens is 298 g/mol. The van der Waals surface area contributed by atoms with Crippen LogP contribution in [0.5, 0.6) is 5.75 Å². The molecule has 0 radical (unpaired) electrons. The summed E-state index contributed by atoms with van der Waals surface area (Å²) >= 11 is 1.32. The second-order valence-corrected chi connectivity index (χ2v) is 5.73. The molecule has 2 aromatic rings. The van der Waals surface area contributed by atoms with Crippen molar-refractivity contribution in [2.45, 2.75) is 33.1 Å². The molecule has 0 saturated carbocycles. The summed E-state index contributed by atoms with van der Waals surface area (Å²) in [5.41, 5.74) is 3.55. The molecule has 1 aromatic heterocycles. The molecular formula is C17H21NO3S. The van der Waals surface area contributed by atoms with Gasteiger partial charge in [0.25, 0.3) is 0 Å². The molecule has 22 heavy (non-hydrogen) atoms. The number of carbonyl (C=O) groups excluding carboxylic acids is 1. The predicted molar refractivity (Wildman–Crippen MR) is 87.7 cm³/mol. The van der Waals surface area contributed by atoms with E-state index in [0.717, 1.165) is 36.5 Å². The normalized spacial score (nSPS) is 10.5. The molecule has 5 heteroatoms. The number of thiazole rings is 1. The Bertz CT molecular complexity index is 592. The van der Waals surface area contributed by atoms with Crippen molar-refractivity contribution in [3.63, 3.8) is 0 Å². The lowest BCUT2D eigenvalue weighted by Gasteiger charge is -2.07. The second-order valence-electron chi connectivity index (χ2n) is 4.87. The lowest BCUT2D eigenvalue weighted by molar-refractivity contribution is 0.0530. The van der Waals surface area contributed by atoms with E-state index < -0.39 is 0 Å². The molecule has 0 aliphatic rings. The van der Waals surface area contributed by atoms with E-state index in [1.54, 1.807) is 12.4 Å². The Balaban J connectivity index is 1.99. The van der Waals surface area contributed by atoms with Crippen molar-refractivity contribution in [3.8, 4) is 5.75 Å². The topological polar surface area (TPSA) is 48.4 Å². The molecule has 0 N–H and O–H groups in total. The zero-order chi connectivity index (χ0) is 15.8. The van der Waals surface area contributed by atoms with Crippen molar-refractivity contribution < 1.29 is 14.3 Å². The number of rotatable bonds is 8. The van der Waals surface area contributed by atoms with Crippen molar-refractivity contribution >= 4 is 17.3 Å². The largest absolute Gasteiger partial charge is 0.494 e. The number of esters is 1. The first-order chi connectivity index (χ1) is 10.7. The molecule has 2 rings (SSSR count). The highest BCUT2D eigenvalue weighted by Crippen LogP contribution is 2.20. The van der Waals surface area contributed by atoms with E-state index in [1.165, 1.54) is 11.3 Å². The van der Waals surface area contributed by atoms with Crippen LogP contribution >= 0.6 is 11.3 Å². The van der Waals surface area contributed by atoms with Gasteiger partial charge < -0.3 is 9.47 Å². The van der Waals surface area contributed by atoms with Crippen molar-refractivity contribution in [1.82, 2.24) is 4.98 Å². The molecule has 0 bridgehead atoms. The smallest absolute Gasteiger partial charge is 0.350 e. The average Bonchev–Trinajstić information content (AvgIpc) is 2.98. The van der Waals surface area contributed by atoms with Crippen LogP contribution < -0.4 is 4.74 Å². The Morgan fingerprint density at radius 2 is 2.00 bits per heavy atom. The highest BCUT2D eigenvalue weighted by molar-refractivity contribution is 7.11. The predicted octanol–water partition coefficient (Wildman–Crippen LogP) is 4.09. The van der Waals surface area contributed by atoms with E-state index in [-0.39, 0.29) is 5.97 Å². The summed E-state index contributed by atoms with van der Waals surface area (Å²) in [4.78, 5) is 16.7. The Kier molecular flexibility index (Phi) is 6.40. The van der Waals surface area contributed by atoms with E-state index in [4.69, 9.17) is 9.47 Å². The summed E-state index contributed by atoms with van der Waals surface area (Å²) in [7, 11) is 0. The van der Waals surface area contributed by atoms with E-state index in [0.29, 0.717) is 17.9 Å². The fraction of sp³-hybridized carbons (Fsp3) is 0.412. The maximum Gasteiger partial charge on any atom is 0.350 e. The molecule has 118 valence electrons. The van der Waals surface area contributed by atoms with Gasteiger partial charge >= 0.3 is 5.97 Å². The number of unbranched alkanes of at least 4 members (excludes halogenated alkanes) is 1. The van der Waals surface area contributed by atoms with Crippen LogP contribution in [-0.2, 0) is 11.2 Å². The minimum Gasteiger partial charge on any atom is -0.494 e. The zero-order valence-electron chi connectivity index (χ0n) is 13.0. The van der Waals surface area contributed by atoms with Crippen molar-refractivity contribution in [3.05, 3.63) is 45.9 Å². The molecule has 1 heterocycles. The first-order valence-electron chi connectivity index (χ1n) is 7.55. The summed E-state index contributed by atoms with van der Waals surface area (Å²) in [5.74, 6) is 0.584. The molecule has 4 nitrogen and oxygen atoms in total. The Labute approximate surface area is 135 Å². The Hall–Kier alpha value is -1.88. The third kappa shape index (κ3) is 4.56. The van der Waals surface area contributed by atoms with Crippen LogP contribution in [-0.4, -0.2) is 24.2 Å². The molecule has 0 saturated heterocycles. The Morgan fingerprint density at radius 1 is 1.23 bits per heavy atom. The molecule has 0 unspecified atom stereocenters. The highest BCUT2D eigenvalue weighted by Gasteiger charge is 2.16. The van der Waals surface area contributed by atoms with Crippen molar-refractivity contribution in [2.24, 2.45) is 0 Å². The molecule has 1 aromatic carbocycles. The minimum atomic E-state index is -0.292. The van der Waals surface area contributed by atoms with Crippen LogP contribution in [0.25, 0.3) is 0 Å². The Morgan fingerprint density at radius 3 is 2.68 bits per heavy atom. The van der Waals surface area contributed by atoms with Crippen LogP contribution in [0.2, 0.25) is 0 Å². The van der Waals surface area contributed by atoms with E-state index in [1.807, 2.05) is 24.3 Å². The third-order valence-electron chi connectivity index (χ3n) is 3.16. The average molecular weight is 319 g/mol. The molecule has 0 atom stereocenters. The highest BCUT2D eigenvalue weighted by atomic mass is 32.1. The zero-order valence-corrected chi connectivity index (χ0v) is 13.8. The third-order valence-corrected chi connectivity index (χ3v) is 4.01. The lowest BCUT2D eigenvalue weighted by atomic mass is 10.1. The molecule has 0 amide bonds. The number of hydrogen-bond acceptors (Lipinski definition) is 5. The SMILES string of the molecule is CCCCOc1ccc(Cc2ncsc2C(=O)OCC)cc1. The van der Waals surface area contributed by atoms with Gasteiger partial charge in [-0.05, 0) is 31.0 Å². The summed E-state index contributed by atoms with van der Waals surface area (Å²) in [6, 6.07) is 7.94. The molecule has 0 aliphatic heterocycles. The summed E-state index contributed by atoms with van der Waals surface area (Å²) < 4.78 is 10.7. The van der Waals surface area contributed by atoms with Gasteiger partial charge in [0.05, 0.1) is 24.4 Å². The quantitative estimate of drug-likeness (QED) is 0.543. The number of hydrogen-bond donors (Lipinski definition) is 0. The standard InChI is InChI=1S/C17H21NO3S/c1-3-5-10-21-14-8-6-13(7-9-14)11-15-16(22-12-18-15)17(19)20-4-2/h6-9,12H,3-5,10-11H2,1-2H3. The summed E-state index contributed by atoms with van der Waals surface area (Å²) in [6.07, 6.45) is 2.80. The fourth-order valence-electron chi connectivity index (χ4n) is 1.99. The number of ether oxygens (including phenoxy) is 2. The fourth-order valence-corrected chi connectivity index (χ4v) is 2.69. The van der Waals surface area contributed by atoms with E-state index >= 15 is 0 Å². The summed E-state index contributed by atoms with van der Waals surface area (Å²) in [5, 5.41) is 0. The van der Waals surface area contributed by atoms with Gasteiger partial charge in [-0.3, -0.25) is 0 Å². The van der Waals surface area contributed by atoms with Crippen LogP contribution in [0.15, 0.2) is 29.8 Å². The van der Waals surface area contributed by atoms with Gasteiger partial charge in [-0.1, -0.05) is 25.5 Å². The maximum absolute atomic E-state index is 11.8. The van der Waals surface area contributed by atoms with E-state index in [9.17, 15) is 4.79 Å². The van der Waals surface area contributed by atoms with Crippen molar-refractivity contribution in [2.75, 3.05) is 13.2 Å². The molecule has 0 fully saturated rings. The van der Waals surface area contributed by atoms with Crippen LogP contribution in [0.4, 0.5) is 0 Å².